The molecule has 2 heterocycles. The minimum Gasteiger partial charge on any atom is -0.347 e. The summed E-state index contributed by atoms with van der Waals surface area (Å²) in [4.78, 5) is 13.7. The minimum absolute atomic E-state index is 0.0175. The van der Waals surface area contributed by atoms with E-state index in [2.05, 4.69) is 17.0 Å². The third kappa shape index (κ3) is 3.84. The number of aromatic nitrogens is 2. The number of amides is 1. The molecule has 1 amide bonds. The van der Waals surface area contributed by atoms with Crippen LogP contribution in [-0.4, -0.2) is 27.8 Å². The number of halogens is 3. The molecule has 0 spiro atoms. The summed E-state index contributed by atoms with van der Waals surface area (Å²) < 4.78 is 40.3. The number of hydrogen-bond acceptors (Lipinski definition) is 3. The van der Waals surface area contributed by atoms with Crippen molar-refractivity contribution in [1.29, 1.82) is 0 Å². The van der Waals surface area contributed by atoms with Crippen molar-refractivity contribution in [2.24, 2.45) is 5.92 Å². The molecule has 0 saturated heterocycles. The predicted octanol–water partition coefficient (Wildman–Crippen LogP) is 3.75. The van der Waals surface area contributed by atoms with Crippen LogP contribution in [0.15, 0.2) is 49.2 Å². The van der Waals surface area contributed by atoms with Gasteiger partial charge in [-0.05, 0) is 44.2 Å². The van der Waals surface area contributed by atoms with Crippen LogP contribution in [0.4, 0.5) is 24.7 Å². The molecule has 3 rings (SSSR count). The third-order valence-electron chi connectivity index (χ3n) is 4.92. The summed E-state index contributed by atoms with van der Waals surface area (Å²) in [5.41, 5.74) is -0.605. The first kappa shape index (κ1) is 19.0. The van der Waals surface area contributed by atoms with Gasteiger partial charge in [0, 0.05) is 36.3 Å². The second kappa shape index (κ2) is 6.75. The minimum atomic E-state index is -4.37. The molecule has 8 heteroatoms. The lowest BCUT2D eigenvalue weighted by Gasteiger charge is -2.42. The van der Waals surface area contributed by atoms with Gasteiger partial charge < -0.3 is 10.2 Å². The highest BCUT2D eigenvalue weighted by atomic mass is 19.4. The first-order chi connectivity index (χ1) is 12.6. The van der Waals surface area contributed by atoms with E-state index in [9.17, 15) is 18.0 Å². The van der Waals surface area contributed by atoms with Crippen LogP contribution in [0.25, 0.3) is 0 Å². The molecular formula is C19H21F3N4O. The summed E-state index contributed by atoms with van der Waals surface area (Å²) in [7, 11) is 0. The van der Waals surface area contributed by atoms with E-state index >= 15 is 0 Å². The van der Waals surface area contributed by atoms with Crippen LogP contribution in [0.1, 0.15) is 19.4 Å². The Morgan fingerprint density at radius 3 is 2.48 bits per heavy atom. The lowest BCUT2D eigenvalue weighted by Crippen LogP contribution is -2.54. The molecule has 1 aliphatic heterocycles. The lowest BCUT2D eigenvalue weighted by molar-refractivity contribution is -0.137. The molecule has 27 heavy (non-hydrogen) atoms. The Morgan fingerprint density at radius 2 is 1.89 bits per heavy atom. The monoisotopic (exact) mass is 378 g/mol. The molecule has 1 aromatic carbocycles. The highest BCUT2D eigenvalue weighted by Gasteiger charge is 2.37. The quantitative estimate of drug-likeness (QED) is 0.825. The van der Waals surface area contributed by atoms with E-state index in [1.54, 1.807) is 10.9 Å². The molecule has 1 atom stereocenters. The lowest BCUT2D eigenvalue weighted by atomic mass is 9.85. The molecular weight excluding hydrogens is 357 g/mol. The van der Waals surface area contributed by atoms with Gasteiger partial charge in [-0.25, -0.2) is 4.68 Å². The van der Waals surface area contributed by atoms with Crippen LogP contribution in [0.3, 0.4) is 0 Å². The molecule has 2 aromatic rings. The number of fused-ring (bicyclic) bond motifs is 1. The van der Waals surface area contributed by atoms with Gasteiger partial charge in [0.1, 0.15) is 5.82 Å². The van der Waals surface area contributed by atoms with Crippen molar-refractivity contribution in [3.8, 4) is 0 Å². The van der Waals surface area contributed by atoms with Gasteiger partial charge in [0.05, 0.1) is 11.8 Å². The van der Waals surface area contributed by atoms with Gasteiger partial charge in [-0.3, -0.25) is 4.79 Å². The Labute approximate surface area is 155 Å². The van der Waals surface area contributed by atoms with E-state index in [4.69, 9.17) is 0 Å². The molecule has 0 bridgehead atoms. The third-order valence-corrected chi connectivity index (χ3v) is 4.92. The number of nitrogens with zero attached hydrogens (tertiary/aromatic N) is 3. The van der Waals surface area contributed by atoms with Crippen molar-refractivity contribution in [3.05, 3.63) is 54.7 Å². The number of benzene rings is 1. The van der Waals surface area contributed by atoms with Gasteiger partial charge in [-0.15, -0.1) is 0 Å². The SMILES string of the molecule is C=CC(=O)NC(C)(C)C1CN(c2ccc(C(F)(F)F)cc2)c2ccnn2C1. The van der Waals surface area contributed by atoms with Crippen LogP contribution in [0.5, 0.6) is 0 Å². The van der Waals surface area contributed by atoms with Crippen LogP contribution in [0.2, 0.25) is 0 Å². The van der Waals surface area contributed by atoms with E-state index in [1.807, 2.05) is 24.8 Å². The Bertz CT molecular complexity index is 839. The van der Waals surface area contributed by atoms with Gasteiger partial charge in [-0.1, -0.05) is 6.58 Å². The molecule has 144 valence electrons. The normalized spacial score (nSPS) is 17.4. The maximum absolute atomic E-state index is 12.8. The fourth-order valence-corrected chi connectivity index (χ4v) is 3.27. The highest BCUT2D eigenvalue weighted by Crippen LogP contribution is 2.36. The standard InChI is InChI=1S/C19H21F3N4O/c1-4-16(27)24-18(2,3)14-11-25(17-9-10-23-26(17)12-14)15-7-5-13(6-8-15)19(20,21)22/h4-10,14H,1,11-12H2,2-3H3,(H,24,27). The average molecular weight is 378 g/mol. The van der Waals surface area contributed by atoms with E-state index in [1.165, 1.54) is 18.2 Å². The summed E-state index contributed by atoms with van der Waals surface area (Å²) >= 11 is 0. The average Bonchev–Trinajstić information content (AvgIpc) is 3.08. The molecule has 5 nitrogen and oxygen atoms in total. The predicted molar refractivity (Wildman–Crippen MR) is 96.6 cm³/mol. The second-order valence-electron chi connectivity index (χ2n) is 7.14. The number of rotatable bonds is 4. The number of anilines is 2. The smallest absolute Gasteiger partial charge is 0.347 e. The summed E-state index contributed by atoms with van der Waals surface area (Å²) in [5.74, 6) is 0.514. The van der Waals surface area contributed by atoms with E-state index in [0.29, 0.717) is 18.8 Å². The summed E-state index contributed by atoms with van der Waals surface area (Å²) in [5, 5.41) is 7.24. The number of nitrogens with one attached hydrogen (secondary N) is 1. The highest BCUT2D eigenvalue weighted by molar-refractivity contribution is 5.87. The molecule has 1 aliphatic rings. The van der Waals surface area contributed by atoms with E-state index in [0.717, 1.165) is 18.0 Å². The van der Waals surface area contributed by atoms with Gasteiger partial charge in [0.15, 0.2) is 0 Å². The second-order valence-corrected chi connectivity index (χ2v) is 7.14. The zero-order valence-corrected chi connectivity index (χ0v) is 15.1. The largest absolute Gasteiger partial charge is 0.416 e. The van der Waals surface area contributed by atoms with Gasteiger partial charge in [-0.2, -0.15) is 18.3 Å². The fourth-order valence-electron chi connectivity index (χ4n) is 3.27. The molecule has 1 aromatic heterocycles. The Balaban J connectivity index is 1.91. The van der Waals surface area contributed by atoms with Crippen LogP contribution in [-0.2, 0) is 17.5 Å². The zero-order chi connectivity index (χ0) is 19.8. The van der Waals surface area contributed by atoms with Crippen molar-refractivity contribution in [2.45, 2.75) is 32.1 Å². The zero-order valence-electron chi connectivity index (χ0n) is 15.1. The Morgan fingerprint density at radius 1 is 1.22 bits per heavy atom. The maximum atomic E-state index is 12.8. The van der Waals surface area contributed by atoms with E-state index < -0.39 is 17.3 Å². The first-order valence-electron chi connectivity index (χ1n) is 8.53. The maximum Gasteiger partial charge on any atom is 0.416 e. The van der Waals surface area contributed by atoms with E-state index in [-0.39, 0.29) is 11.8 Å². The van der Waals surface area contributed by atoms with Gasteiger partial charge >= 0.3 is 6.18 Å². The molecule has 0 fully saturated rings. The molecule has 0 saturated carbocycles. The number of carbonyl (C=O) groups is 1. The number of carbonyl (C=O) groups excluding carboxylic acids is 1. The van der Waals surface area contributed by atoms with Gasteiger partial charge in [0.2, 0.25) is 5.91 Å². The number of alkyl halides is 3. The van der Waals surface area contributed by atoms with Crippen LogP contribution >= 0.6 is 0 Å². The number of hydrogen-bond donors (Lipinski definition) is 1. The van der Waals surface area contributed by atoms with Crippen LogP contribution in [0, 0.1) is 5.92 Å². The fraction of sp³-hybridized carbons (Fsp3) is 0.368. The van der Waals surface area contributed by atoms with Crippen LogP contribution < -0.4 is 10.2 Å². The summed E-state index contributed by atoms with van der Waals surface area (Å²) in [6.45, 7) is 8.42. The first-order valence-corrected chi connectivity index (χ1v) is 8.53. The Kier molecular flexibility index (Phi) is 4.75. The van der Waals surface area contributed by atoms with Crippen molar-refractivity contribution in [3.63, 3.8) is 0 Å². The van der Waals surface area contributed by atoms with Crippen molar-refractivity contribution in [2.75, 3.05) is 11.4 Å². The van der Waals surface area contributed by atoms with Gasteiger partial charge in [0.25, 0.3) is 0 Å². The summed E-state index contributed by atoms with van der Waals surface area (Å²) in [6.07, 6.45) is -1.50. The molecule has 0 aliphatic carbocycles. The molecule has 0 radical (unpaired) electrons. The molecule has 1 N–H and O–H groups in total. The Hall–Kier alpha value is -2.77. The topological polar surface area (TPSA) is 50.2 Å². The van der Waals surface area contributed by atoms with Crippen molar-refractivity contribution < 1.29 is 18.0 Å². The van der Waals surface area contributed by atoms with Crippen molar-refractivity contribution in [1.82, 2.24) is 15.1 Å². The molecule has 1 unspecified atom stereocenters. The van der Waals surface area contributed by atoms with Crippen molar-refractivity contribution >= 4 is 17.4 Å². The summed E-state index contributed by atoms with van der Waals surface area (Å²) in [6, 6.07) is 6.88.